The summed E-state index contributed by atoms with van der Waals surface area (Å²) >= 11 is 0. The molecule has 1 aromatic rings. The number of rotatable bonds is 4. The maximum Gasteiger partial charge on any atom is 0.258 e. The maximum absolute atomic E-state index is 10.4. The molecule has 0 aliphatic carbocycles. The van der Waals surface area contributed by atoms with E-state index in [1.807, 2.05) is 31.2 Å². The van der Waals surface area contributed by atoms with E-state index in [-0.39, 0.29) is 6.61 Å². The topological polar surface area (TPSA) is 73.9 Å². The molecule has 0 saturated carbocycles. The van der Waals surface area contributed by atoms with Gasteiger partial charge in [0.25, 0.3) is 11.8 Å². The molecule has 16 heavy (non-hydrogen) atoms. The third-order valence-electron chi connectivity index (χ3n) is 1.85. The minimum atomic E-state index is -0.580. The highest BCUT2D eigenvalue weighted by Crippen LogP contribution is 2.05. The highest BCUT2D eigenvalue weighted by atomic mass is 16.6. The van der Waals surface area contributed by atoms with Crippen molar-refractivity contribution in [3.63, 3.8) is 0 Å². The summed E-state index contributed by atoms with van der Waals surface area (Å²) in [4.78, 5) is 15.2. The summed E-state index contributed by atoms with van der Waals surface area (Å²) in [6, 6.07) is 7.56. The summed E-state index contributed by atoms with van der Waals surface area (Å²) in [7, 11) is 1.48. The van der Waals surface area contributed by atoms with Crippen LogP contribution in [-0.2, 0) is 14.4 Å². The minimum absolute atomic E-state index is 0.265. The molecule has 0 aliphatic heterocycles. The third-order valence-corrected chi connectivity index (χ3v) is 1.85. The van der Waals surface area contributed by atoms with Crippen molar-refractivity contribution in [2.24, 2.45) is 10.9 Å². The monoisotopic (exact) mass is 222 g/mol. The minimum Gasteiger partial charge on any atom is -0.479 e. The molecule has 0 fully saturated rings. The fraction of sp³-hybridized carbons (Fsp3) is 0.273. The van der Waals surface area contributed by atoms with Gasteiger partial charge in [-0.25, -0.2) is 0 Å². The first-order valence-electron chi connectivity index (χ1n) is 4.72. The standard InChI is InChI=1S/C11H14N2O3/c1-8-3-5-9(6-4-8)11(15-2)13-16-7-10(12)14/h3-6H,7H2,1-2H3,(H2,12,14). The molecule has 1 rings (SSSR count). The van der Waals surface area contributed by atoms with Crippen LogP contribution in [0.2, 0.25) is 0 Å². The predicted octanol–water partition coefficient (Wildman–Crippen LogP) is 0.805. The number of carbonyl (C=O) groups excluding carboxylic acids is 1. The molecule has 0 aliphatic rings. The van der Waals surface area contributed by atoms with Crippen LogP contribution in [0.15, 0.2) is 29.4 Å². The van der Waals surface area contributed by atoms with Gasteiger partial charge in [0.05, 0.1) is 7.11 Å². The quantitative estimate of drug-likeness (QED) is 0.465. The van der Waals surface area contributed by atoms with Crippen LogP contribution in [0.3, 0.4) is 0 Å². The van der Waals surface area contributed by atoms with E-state index < -0.39 is 5.91 Å². The van der Waals surface area contributed by atoms with Crippen LogP contribution in [0.25, 0.3) is 0 Å². The lowest BCUT2D eigenvalue weighted by Crippen LogP contribution is -2.17. The average molecular weight is 222 g/mol. The van der Waals surface area contributed by atoms with Gasteiger partial charge in [-0.1, -0.05) is 17.7 Å². The third kappa shape index (κ3) is 3.61. The highest BCUT2D eigenvalue weighted by Gasteiger charge is 2.04. The zero-order valence-corrected chi connectivity index (χ0v) is 9.27. The van der Waals surface area contributed by atoms with E-state index in [1.165, 1.54) is 7.11 Å². The van der Waals surface area contributed by atoms with Crippen molar-refractivity contribution >= 4 is 11.8 Å². The van der Waals surface area contributed by atoms with Gasteiger partial charge in [-0.05, 0) is 24.2 Å². The summed E-state index contributed by atoms with van der Waals surface area (Å²) in [5.74, 6) is -0.274. The van der Waals surface area contributed by atoms with E-state index in [0.29, 0.717) is 5.90 Å². The number of hydrogen-bond acceptors (Lipinski definition) is 4. The Bertz CT molecular complexity index is 385. The molecule has 1 amide bonds. The molecule has 0 radical (unpaired) electrons. The van der Waals surface area contributed by atoms with Crippen LogP contribution < -0.4 is 5.73 Å². The molecule has 0 saturated heterocycles. The number of benzene rings is 1. The van der Waals surface area contributed by atoms with Crippen LogP contribution in [-0.4, -0.2) is 25.5 Å². The first-order chi connectivity index (χ1) is 7.63. The van der Waals surface area contributed by atoms with Gasteiger partial charge < -0.3 is 15.3 Å². The van der Waals surface area contributed by atoms with Crippen LogP contribution in [0, 0.1) is 6.92 Å². The van der Waals surface area contributed by atoms with Crippen LogP contribution in [0.5, 0.6) is 0 Å². The molecule has 0 unspecified atom stereocenters. The lowest BCUT2D eigenvalue weighted by Gasteiger charge is -2.04. The first kappa shape index (κ1) is 12.0. The molecular weight excluding hydrogens is 208 g/mol. The summed E-state index contributed by atoms with van der Waals surface area (Å²) in [6.07, 6.45) is 0. The maximum atomic E-state index is 10.4. The van der Waals surface area contributed by atoms with Crippen molar-refractivity contribution < 1.29 is 14.4 Å². The van der Waals surface area contributed by atoms with E-state index in [9.17, 15) is 4.79 Å². The van der Waals surface area contributed by atoms with E-state index in [0.717, 1.165) is 11.1 Å². The van der Waals surface area contributed by atoms with E-state index in [4.69, 9.17) is 15.3 Å². The number of oxime groups is 1. The van der Waals surface area contributed by atoms with E-state index in [1.54, 1.807) is 0 Å². The summed E-state index contributed by atoms with van der Waals surface area (Å²) in [6.45, 7) is 1.72. The van der Waals surface area contributed by atoms with Crippen LogP contribution >= 0.6 is 0 Å². The summed E-state index contributed by atoms with van der Waals surface area (Å²) < 4.78 is 5.03. The van der Waals surface area contributed by atoms with Crippen LogP contribution in [0.4, 0.5) is 0 Å². The van der Waals surface area contributed by atoms with Gasteiger partial charge in [0.1, 0.15) is 0 Å². The number of aryl methyl sites for hydroxylation is 1. The van der Waals surface area contributed by atoms with Gasteiger partial charge in [0, 0.05) is 5.56 Å². The molecule has 0 atom stereocenters. The Labute approximate surface area is 93.8 Å². The molecule has 0 spiro atoms. The second-order valence-corrected chi connectivity index (χ2v) is 3.21. The Balaban J connectivity index is 2.73. The average Bonchev–Trinajstić information content (AvgIpc) is 2.26. The predicted molar refractivity (Wildman–Crippen MR) is 59.9 cm³/mol. The molecule has 86 valence electrons. The van der Waals surface area contributed by atoms with Gasteiger partial charge >= 0.3 is 0 Å². The number of hydrogen-bond donors (Lipinski definition) is 1. The fourth-order valence-corrected chi connectivity index (χ4v) is 1.06. The zero-order chi connectivity index (χ0) is 12.0. The number of carbonyl (C=O) groups is 1. The molecule has 1 aromatic carbocycles. The van der Waals surface area contributed by atoms with Gasteiger partial charge in [-0.15, -0.1) is 0 Å². The molecule has 0 bridgehead atoms. The lowest BCUT2D eigenvalue weighted by molar-refractivity contribution is -0.122. The van der Waals surface area contributed by atoms with Crippen molar-refractivity contribution in [1.82, 2.24) is 0 Å². The number of amides is 1. The van der Waals surface area contributed by atoms with Crippen molar-refractivity contribution in [2.45, 2.75) is 6.92 Å². The van der Waals surface area contributed by atoms with Crippen molar-refractivity contribution in [3.05, 3.63) is 35.4 Å². The van der Waals surface area contributed by atoms with Gasteiger partial charge in [0.15, 0.2) is 6.61 Å². The van der Waals surface area contributed by atoms with Gasteiger partial charge in [0.2, 0.25) is 0 Å². The largest absolute Gasteiger partial charge is 0.479 e. The van der Waals surface area contributed by atoms with Crippen molar-refractivity contribution in [3.8, 4) is 0 Å². The molecule has 5 heteroatoms. The Hall–Kier alpha value is -2.04. The smallest absolute Gasteiger partial charge is 0.258 e. The van der Waals surface area contributed by atoms with Gasteiger partial charge in [-0.3, -0.25) is 4.79 Å². The molecule has 2 N–H and O–H groups in total. The SMILES string of the molecule is COC(=NOCC(N)=O)c1ccc(C)cc1. The molecule has 0 heterocycles. The summed E-state index contributed by atoms with van der Waals surface area (Å²) in [5.41, 5.74) is 6.82. The lowest BCUT2D eigenvalue weighted by atomic mass is 10.1. The Kier molecular flexibility index (Phi) is 4.32. The number of ether oxygens (including phenoxy) is 1. The number of nitrogens with zero attached hydrogens (tertiary/aromatic N) is 1. The van der Waals surface area contributed by atoms with Crippen molar-refractivity contribution in [2.75, 3.05) is 13.7 Å². The van der Waals surface area contributed by atoms with Crippen LogP contribution in [0.1, 0.15) is 11.1 Å². The summed E-state index contributed by atoms with van der Waals surface area (Å²) in [5, 5.41) is 3.68. The second kappa shape index (κ2) is 5.75. The number of primary amides is 1. The highest BCUT2D eigenvalue weighted by molar-refractivity contribution is 5.93. The molecule has 5 nitrogen and oxygen atoms in total. The van der Waals surface area contributed by atoms with E-state index in [2.05, 4.69) is 5.16 Å². The number of nitrogens with two attached hydrogens (primary N) is 1. The van der Waals surface area contributed by atoms with Crippen molar-refractivity contribution in [1.29, 1.82) is 0 Å². The zero-order valence-electron chi connectivity index (χ0n) is 9.27. The normalized spacial score (nSPS) is 11.0. The van der Waals surface area contributed by atoms with Gasteiger partial charge in [-0.2, -0.15) is 0 Å². The van der Waals surface area contributed by atoms with E-state index >= 15 is 0 Å². The fourth-order valence-electron chi connectivity index (χ4n) is 1.06. The molecular formula is C11H14N2O3. The molecule has 0 aromatic heterocycles. The Morgan fingerprint density at radius 3 is 2.50 bits per heavy atom. The second-order valence-electron chi connectivity index (χ2n) is 3.21. The Morgan fingerprint density at radius 2 is 2.00 bits per heavy atom. The first-order valence-corrected chi connectivity index (χ1v) is 4.72. The number of methoxy groups -OCH3 is 1. The Morgan fingerprint density at radius 1 is 1.38 bits per heavy atom.